The van der Waals surface area contributed by atoms with Crippen molar-refractivity contribution >= 4 is 21.8 Å². The molecule has 116 valence electrons. The van der Waals surface area contributed by atoms with Gasteiger partial charge in [0.25, 0.3) is 0 Å². The molecule has 0 unspecified atom stereocenters. The number of carbonyl (C=O) groups excluding carboxylic acids is 1. The van der Waals surface area contributed by atoms with E-state index < -0.39 is 27.4 Å². The molecule has 0 saturated heterocycles. The van der Waals surface area contributed by atoms with Crippen molar-refractivity contribution in [3.05, 3.63) is 0 Å². The molecular weight excluding hydrogens is 284 g/mol. The summed E-state index contributed by atoms with van der Waals surface area (Å²) in [6.45, 7) is 1.58. The summed E-state index contributed by atoms with van der Waals surface area (Å²) in [4.78, 5) is 22.6. The van der Waals surface area contributed by atoms with Crippen LogP contribution in [0.15, 0.2) is 0 Å². The number of rotatable bonds is 7. The van der Waals surface area contributed by atoms with Gasteiger partial charge in [0.1, 0.15) is 0 Å². The van der Waals surface area contributed by atoms with Crippen LogP contribution in [0.4, 0.5) is 4.79 Å². The third kappa shape index (κ3) is 5.36. The molecule has 0 radical (unpaired) electrons. The number of hydrogen-bond acceptors (Lipinski definition) is 4. The third-order valence-electron chi connectivity index (χ3n) is 3.57. The van der Waals surface area contributed by atoms with Crippen molar-refractivity contribution in [3.63, 3.8) is 0 Å². The Kier molecular flexibility index (Phi) is 5.79. The fourth-order valence-electron chi connectivity index (χ4n) is 2.44. The minimum absolute atomic E-state index is 0.0329. The lowest BCUT2D eigenvalue weighted by Crippen LogP contribution is -2.52. The first-order valence-corrected chi connectivity index (χ1v) is 8.59. The number of urea groups is 1. The number of nitrogens with one attached hydrogen (secondary N) is 2. The van der Waals surface area contributed by atoms with Gasteiger partial charge in [0.15, 0.2) is 9.84 Å². The van der Waals surface area contributed by atoms with Gasteiger partial charge in [-0.25, -0.2) is 13.2 Å². The third-order valence-corrected chi connectivity index (χ3v) is 5.27. The van der Waals surface area contributed by atoms with Crippen LogP contribution in [0, 0.1) is 0 Å². The quantitative estimate of drug-likeness (QED) is 0.634. The molecule has 0 heterocycles. The molecule has 7 nitrogen and oxygen atoms in total. The van der Waals surface area contributed by atoms with Crippen molar-refractivity contribution in [1.82, 2.24) is 10.6 Å². The summed E-state index contributed by atoms with van der Waals surface area (Å²) in [6.07, 6.45) is 2.95. The number of carbonyl (C=O) groups is 2. The van der Waals surface area contributed by atoms with E-state index in [-0.39, 0.29) is 24.5 Å². The van der Waals surface area contributed by atoms with Gasteiger partial charge in [0.05, 0.1) is 17.7 Å². The van der Waals surface area contributed by atoms with Gasteiger partial charge < -0.3 is 15.7 Å². The van der Waals surface area contributed by atoms with E-state index >= 15 is 0 Å². The molecule has 0 aromatic heterocycles. The first-order chi connectivity index (χ1) is 9.29. The van der Waals surface area contributed by atoms with E-state index in [0.29, 0.717) is 12.8 Å². The molecule has 0 atom stereocenters. The molecule has 0 bridgehead atoms. The average molecular weight is 306 g/mol. The van der Waals surface area contributed by atoms with Gasteiger partial charge in [-0.15, -0.1) is 0 Å². The second-order valence-corrected chi connectivity index (χ2v) is 7.65. The van der Waals surface area contributed by atoms with E-state index in [1.807, 2.05) is 0 Å². The molecule has 0 aromatic carbocycles. The molecule has 3 N–H and O–H groups in total. The van der Waals surface area contributed by atoms with E-state index in [1.165, 1.54) is 0 Å². The maximum atomic E-state index is 11.7. The SMILES string of the molecule is CCS(=O)(=O)CCNC(=O)NC1(CC(=O)O)CCCC1. The number of carboxylic acid groups (broad SMARTS) is 1. The molecule has 2 amide bonds. The predicted molar refractivity (Wildman–Crippen MR) is 74.3 cm³/mol. The predicted octanol–water partition coefficient (Wildman–Crippen LogP) is 0.508. The van der Waals surface area contributed by atoms with Crippen LogP contribution in [-0.4, -0.2) is 49.1 Å². The minimum atomic E-state index is -3.11. The van der Waals surface area contributed by atoms with Crippen LogP contribution in [0.3, 0.4) is 0 Å². The van der Waals surface area contributed by atoms with E-state index in [0.717, 1.165) is 12.8 Å². The topological polar surface area (TPSA) is 113 Å². The van der Waals surface area contributed by atoms with Gasteiger partial charge in [-0.3, -0.25) is 4.79 Å². The van der Waals surface area contributed by atoms with E-state index in [1.54, 1.807) is 6.92 Å². The standard InChI is InChI=1S/C12H22N2O5S/c1-2-20(18,19)8-7-13-11(17)14-12(9-10(15)16)5-3-4-6-12/h2-9H2,1H3,(H,15,16)(H2,13,14,17). The Morgan fingerprint density at radius 1 is 1.25 bits per heavy atom. The molecule has 1 aliphatic carbocycles. The molecule has 1 fully saturated rings. The molecule has 1 rings (SSSR count). The summed E-state index contributed by atoms with van der Waals surface area (Å²) in [6, 6.07) is -0.501. The lowest BCUT2D eigenvalue weighted by molar-refractivity contribution is -0.138. The van der Waals surface area contributed by atoms with E-state index in [4.69, 9.17) is 5.11 Å². The summed E-state index contributed by atoms with van der Waals surface area (Å²) in [5.41, 5.74) is -0.695. The minimum Gasteiger partial charge on any atom is -0.481 e. The van der Waals surface area contributed by atoms with Crippen LogP contribution in [0.5, 0.6) is 0 Å². The fraction of sp³-hybridized carbons (Fsp3) is 0.833. The first-order valence-electron chi connectivity index (χ1n) is 6.77. The summed E-state index contributed by atoms with van der Waals surface area (Å²) >= 11 is 0. The van der Waals surface area contributed by atoms with Gasteiger partial charge in [0.2, 0.25) is 0 Å². The zero-order chi connectivity index (χ0) is 15.2. The van der Waals surface area contributed by atoms with Crippen LogP contribution in [0.25, 0.3) is 0 Å². The number of amides is 2. The van der Waals surface area contributed by atoms with Gasteiger partial charge >= 0.3 is 12.0 Å². The van der Waals surface area contributed by atoms with Crippen LogP contribution in [0.1, 0.15) is 39.0 Å². The Morgan fingerprint density at radius 3 is 2.35 bits per heavy atom. The lowest BCUT2D eigenvalue weighted by Gasteiger charge is -2.28. The fourth-order valence-corrected chi connectivity index (χ4v) is 3.14. The normalized spacial score (nSPS) is 17.6. The highest BCUT2D eigenvalue weighted by molar-refractivity contribution is 7.91. The second kappa shape index (κ2) is 6.92. The Labute approximate surface area is 119 Å². The smallest absolute Gasteiger partial charge is 0.315 e. The largest absolute Gasteiger partial charge is 0.481 e. The lowest BCUT2D eigenvalue weighted by atomic mass is 9.93. The summed E-state index contributed by atoms with van der Waals surface area (Å²) in [7, 11) is -3.11. The molecule has 20 heavy (non-hydrogen) atoms. The molecule has 0 spiro atoms. The van der Waals surface area contributed by atoms with Crippen LogP contribution < -0.4 is 10.6 Å². The average Bonchev–Trinajstić information content (AvgIpc) is 2.76. The molecule has 0 aromatic rings. The molecule has 1 saturated carbocycles. The van der Waals surface area contributed by atoms with Crippen molar-refractivity contribution < 1.29 is 23.1 Å². The zero-order valence-electron chi connectivity index (χ0n) is 11.6. The Balaban J connectivity index is 2.45. The summed E-state index contributed by atoms with van der Waals surface area (Å²) in [5.74, 6) is -1.01. The van der Waals surface area contributed by atoms with Crippen molar-refractivity contribution in [1.29, 1.82) is 0 Å². The highest BCUT2D eigenvalue weighted by Crippen LogP contribution is 2.32. The van der Waals surface area contributed by atoms with Crippen LogP contribution >= 0.6 is 0 Å². The van der Waals surface area contributed by atoms with Gasteiger partial charge in [-0.1, -0.05) is 19.8 Å². The van der Waals surface area contributed by atoms with Crippen LogP contribution in [-0.2, 0) is 14.6 Å². The Bertz CT molecular complexity index is 454. The van der Waals surface area contributed by atoms with E-state index in [2.05, 4.69) is 10.6 Å². The number of aliphatic carboxylic acids is 1. The van der Waals surface area contributed by atoms with E-state index in [9.17, 15) is 18.0 Å². The summed E-state index contributed by atoms with van der Waals surface area (Å²) in [5, 5.41) is 14.1. The highest BCUT2D eigenvalue weighted by atomic mass is 32.2. The number of hydrogen-bond donors (Lipinski definition) is 3. The second-order valence-electron chi connectivity index (χ2n) is 5.18. The molecular formula is C12H22N2O5S. The van der Waals surface area contributed by atoms with Gasteiger partial charge in [-0.2, -0.15) is 0 Å². The first kappa shape index (κ1) is 16.7. The Hall–Kier alpha value is -1.31. The number of carboxylic acids is 1. The molecule has 0 aliphatic heterocycles. The zero-order valence-corrected chi connectivity index (χ0v) is 12.5. The maximum absolute atomic E-state index is 11.7. The van der Waals surface area contributed by atoms with Crippen molar-refractivity contribution in [2.45, 2.75) is 44.6 Å². The van der Waals surface area contributed by atoms with Gasteiger partial charge in [-0.05, 0) is 12.8 Å². The molecule has 1 aliphatic rings. The molecule has 8 heteroatoms. The maximum Gasteiger partial charge on any atom is 0.315 e. The van der Waals surface area contributed by atoms with Crippen molar-refractivity contribution in [2.75, 3.05) is 18.1 Å². The van der Waals surface area contributed by atoms with Crippen molar-refractivity contribution in [3.8, 4) is 0 Å². The van der Waals surface area contributed by atoms with Crippen LogP contribution in [0.2, 0.25) is 0 Å². The highest BCUT2D eigenvalue weighted by Gasteiger charge is 2.37. The monoisotopic (exact) mass is 306 g/mol. The number of sulfone groups is 1. The van der Waals surface area contributed by atoms with Gasteiger partial charge in [0, 0.05) is 12.3 Å². The Morgan fingerprint density at radius 2 is 1.85 bits per heavy atom. The van der Waals surface area contributed by atoms with Crippen molar-refractivity contribution in [2.24, 2.45) is 0 Å². The summed E-state index contributed by atoms with van der Waals surface area (Å²) < 4.78 is 22.6.